The van der Waals surface area contributed by atoms with Crippen LogP contribution in [0.5, 0.6) is 0 Å². The summed E-state index contributed by atoms with van der Waals surface area (Å²) < 4.78 is 29.1. The van der Waals surface area contributed by atoms with Crippen molar-refractivity contribution >= 4 is 10.0 Å². The molecule has 1 atom stereocenters. The zero-order chi connectivity index (χ0) is 14.0. The van der Waals surface area contributed by atoms with Crippen LogP contribution in [0.3, 0.4) is 0 Å². The topological polar surface area (TPSA) is 90.0 Å². The lowest BCUT2D eigenvalue weighted by Crippen LogP contribution is -2.41. The Morgan fingerprint density at radius 1 is 1.58 bits per heavy atom. The fraction of sp³-hybridized carbons (Fsp3) is 0.750. The molecule has 0 radical (unpaired) electrons. The summed E-state index contributed by atoms with van der Waals surface area (Å²) in [6, 6.07) is -0.165. The van der Waals surface area contributed by atoms with Gasteiger partial charge in [0.05, 0.1) is 0 Å². The van der Waals surface area contributed by atoms with Gasteiger partial charge in [-0.1, -0.05) is 6.92 Å². The third-order valence-electron chi connectivity index (χ3n) is 3.45. The zero-order valence-corrected chi connectivity index (χ0v) is 12.3. The highest BCUT2D eigenvalue weighted by Gasteiger charge is 2.34. The summed E-state index contributed by atoms with van der Waals surface area (Å²) in [6.45, 7) is 4.97. The Kier molecular flexibility index (Phi) is 4.27. The molecule has 1 aliphatic rings. The van der Waals surface area contributed by atoms with Crippen LogP contribution < -0.4 is 10.5 Å². The lowest BCUT2D eigenvalue weighted by molar-refractivity contribution is 0.517. The largest absolute Gasteiger partial charge is 0.334 e. The van der Waals surface area contributed by atoms with Crippen LogP contribution in [0, 0.1) is 12.8 Å². The predicted molar refractivity (Wildman–Crippen MR) is 73.1 cm³/mol. The van der Waals surface area contributed by atoms with Gasteiger partial charge in [0.25, 0.3) is 10.0 Å². The molecule has 0 bridgehead atoms. The summed E-state index contributed by atoms with van der Waals surface area (Å²) in [7, 11) is -3.56. The molecule has 1 unspecified atom stereocenters. The van der Waals surface area contributed by atoms with Gasteiger partial charge in [-0.05, 0) is 32.1 Å². The molecule has 3 N–H and O–H groups in total. The fourth-order valence-electron chi connectivity index (χ4n) is 2.17. The lowest BCUT2D eigenvalue weighted by Gasteiger charge is -2.14. The number of aromatic nitrogens is 2. The van der Waals surface area contributed by atoms with E-state index in [1.54, 1.807) is 6.20 Å². The van der Waals surface area contributed by atoms with E-state index in [2.05, 4.69) is 9.71 Å². The number of sulfonamides is 1. The standard InChI is InChI=1S/C12H22N4O2S/c1-3-6-16-8-12(14-9(16)2)19(17,18)15-11(7-13)10-4-5-10/h8,10-11,15H,3-7,13H2,1-2H3. The number of hydrogen-bond donors (Lipinski definition) is 2. The molecule has 19 heavy (non-hydrogen) atoms. The van der Waals surface area contributed by atoms with Gasteiger partial charge in [-0.2, -0.15) is 0 Å². The quantitative estimate of drug-likeness (QED) is 0.768. The van der Waals surface area contributed by atoms with Crippen molar-refractivity contribution in [1.82, 2.24) is 14.3 Å². The molecule has 1 aliphatic carbocycles. The number of nitrogens with two attached hydrogens (primary N) is 1. The SMILES string of the molecule is CCCn1cc(S(=O)(=O)NC(CN)C2CC2)nc1C. The van der Waals surface area contributed by atoms with Crippen LogP contribution in [0.2, 0.25) is 0 Å². The Hall–Kier alpha value is -0.920. The number of imidazole rings is 1. The molecule has 0 amide bonds. The van der Waals surface area contributed by atoms with Gasteiger partial charge in [-0.3, -0.25) is 0 Å². The number of nitrogens with zero attached hydrogens (tertiary/aromatic N) is 2. The van der Waals surface area contributed by atoms with E-state index in [9.17, 15) is 8.42 Å². The summed E-state index contributed by atoms with van der Waals surface area (Å²) in [5.41, 5.74) is 5.63. The van der Waals surface area contributed by atoms with Crippen molar-refractivity contribution in [3.63, 3.8) is 0 Å². The molecular weight excluding hydrogens is 264 g/mol. The van der Waals surface area contributed by atoms with Gasteiger partial charge in [0.15, 0.2) is 5.03 Å². The summed E-state index contributed by atoms with van der Waals surface area (Å²) in [4.78, 5) is 4.14. The van der Waals surface area contributed by atoms with E-state index in [0.29, 0.717) is 12.5 Å². The van der Waals surface area contributed by atoms with Crippen LogP contribution in [0.15, 0.2) is 11.2 Å². The van der Waals surface area contributed by atoms with Gasteiger partial charge in [0.2, 0.25) is 0 Å². The Morgan fingerprint density at radius 2 is 2.26 bits per heavy atom. The molecule has 0 aliphatic heterocycles. The van der Waals surface area contributed by atoms with Crippen molar-refractivity contribution in [3.05, 3.63) is 12.0 Å². The first-order chi connectivity index (χ1) is 8.97. The maximum atomic E-state index is 12.3. The van der Waals surface area contributed by atoms with Crippen molar-refractivity contribution in [1.29, 1.82) is 0 Å². The summed E-state index contributed by atoms with van der Waals surface area (Å²) in [5, 5.41) is 0.0950. The van der Waals surface area contributed by atoms with Gasteiger partial charge < -0.3 is 10.3 Å². The van der Waals surface area contributed by atoms with Crippen molar-refractivity contribution in [2.45, 2.75) is 50.7 Å². The summed E-state index contributed by atoms with van der Waals surface area (Å²) >= 11 is 0. The van der Waals surface area contributed by atoms with Crippen LogP contribution in [0.4, 0.5) is 0 Å². The highest BCUT2D eigenvalue weighted by molar-refractivity contribution is 7.89. The predicted octanol–water partition coefficient (Wildman–Crippen LogP) is 0.617. The van der Waals surface area contributed by atoms with E-state index < -0.39 is 10.0 Å². The Morgan fingerprint density at radius 3 is 2.79 bits per heavy atom. The minimum Gasteiger partial charge on any atom is -0.334 e. The Bertz CT molecular complexity index is 534. The Balaban J connectivity index is 2.16. The highest BCUT2D eigenvalue weighted by atomic mass is 32.2. The van der Waals surface area contributed by atoms with Crippen LogP contribution >= 0.6 is 0 Å². The molecule has 2 rings (SSSR count). The van der Waals surface area contributed by atoms with Crippen molar-refractivity contribution < 1.29 is 8.42 Å². The maximum absolute atomic E-state index is 12.3. The average molecular weight is 286 g/mol. The molecule has 0 spiro atoms. The fourth-order valence-corrected chi connectivity index (χ4v) is 3.50. The first-order valence-electron chi connectivity index (χ1n) is 6.74. The minimum absolute atomic E-state index is 0.0950. The average Bonchev–Trinajstić information content (AvgIpc) is 3.12. The normalized spacial score (nSPS) is 17.6. The first-order valence-corrected chi connectivity index (χ1v) is 8.22. The van der Waals surface area contributed by atoms with Gasteiger partial charge in [0.1, 0.15) is 5.82 Å². The number of aryl methyl sites for hydroxylation is 2. The third kappa shape index (κ3) is 3.34. The molecule has 1 aromatic heterocycles. The van der Waals surface area contributed by atoms with Gasteiger partial charge >= 0.3 is 0 Å². The molecule has 1 saturated carbocycles. The van der Waals surface area contributed by atoms with Gasteiger partial charge in [-0.15, -0.1) is 0 Å². The van der Waals surface area contributed by atoms with E-state index in [1.165, 1.54) is 0 Å². The number of nitrogens with one attached hydrogen (secondary N) is 1. The maximum Gasteiger partial charge on any atom is 0.259 e. The molecule has 1 aromatic rings. The van der Waals surface area contributed by atoms with Crippen LogP contribution in [-0.4, -0.2) is 30.6 Å². The molecule has 0 saturated heterocycles. The molecule has 7 heteroatoms. The Labute approximate surface area is 114 Å². The number of rotatable bonds is 7. The van der Waals surface area contributed by atoms with Crippen molar-refractivity contribution in [2.75, 3.05) is 6.54 Å². The van der Waals surface area contributed by atoms with E-state index in [-0.39, 0.29) is 11.1 Å². The minimum atomic E-state index is -3.56. The van der Waals surface area contributed by atoms with E-state index in [0.717, 1.165) is 31.6 Å². The second-order valence-electron chi connectivity index (χ2n) is 5.12. The third-order valence-corrected chi connectivity index (χ3v) is 4.81. The molecule has 0 aromatic carbocycles. The monoisotopic (exact) mass is 286 g/mol. The van der Waals surface area contributed by atoms with E-state index in [4.69, 9.17) is 5.73 Å². The van der Waals surface area contributed by atoms with Crippen molar-refractivity contribution in [3.8, 4) is 0 Å². The second-order valence-corrected chi connectivity index (χ2v) is 6.78. The van der Waals surface area contributed by atoms with Gasteiger partial charge in [-0.25, -0.2) is 18.1 Å². The summed E-state index contributed by atoms with van der Waals surface area (Å²) in [5.74, 6) is 1.11. The summed E-state index contributed by atoms with van der Waals surface area (Å²) in [6.07, 6.45) is 4.64. The van der Waals surface area contributed by atoms with Crippen LogP contribution in [-0.2, 0) is 16.6 Å². The second kappa shape index (κ2) is 5.60. The molecular formula is C12H22N4O2S. The van der Waals surface area contributed by atoms with Crippen LogP contribution in [0.1, 0.15) is 32.0 Å². The highest BCUT2D eigenvalue weighted by Crippen LogP contribution is 2.32. The van der Waals surface area contributed by atoms with E-state index >= 15 is 0 Å². The zero-order valence-electron chi connectivity index (χ0n) is 11.5. The lowest BCUT2D eigenvalue weighted by atomic mass is 10.2. The molecule has 6 nitrogen and oxygen atoms in total. The van der Waals surface area contributed by atoms with Crippen molar-refractivity contribution in [2.24, 2.45) is 11.7 Å². The van der Waals surface area contributed by atoms with Gasteiger partial charge in [0, 0.05) is 25.3 Å². The molecule has 108 valence electrons. The smallest absolute Gasteiger partial charge is 0.259 e. The van der Waals surface area contributed by atoms with E-state index in [1.807, 2.05) is 18.4 Å². The molecule has 1 heterocycles. The first kappa shape index (κ1) is 14.5. The number of hydrogen-bond acceptors (Lipinski definition) is 4. The molecule has 1 fully saturated rings. The van der Waals surface area contributed by atoms with Crippen LogP contribution in [0.25, 0.3) is 0 Å².